The van der Waals surface area contributed by atoms with Crippen LogP contribution in [-0.2, 0) is 32.6 Å². The van der Waals surface area contributed by atoms with Crippen LogP contribution < -0.4 is 9.62 Å². The van der Waals surface area contributed by atoms with Crippen LogP contribution in [0.5, 0.6) is 0 Å². The number of nitrogens with zero attached hydrogens (tertiary/aromatic N) is 2. The Hall–Kier alpha value is -3.36. The molecule has 2 amide bonds. The maximum atomic E-state index is 14.1. The minimum atomic E-state index is -3.82. The number of sulfonamides is 1. The molecule has 1 atom stereocenters. The normalized spacial score (nSPS) is 12.0. The van der Waals surface area contributed by atoms with E-state index in [0.29, 0.717) is 17.3 Å². The molecule has 0 bridgehead atoms. The van der Waals surface area contributed by atoms with Crippen LogP contribution in [-0.4, -0.2) is 50.5 Å². The van der Waals surface area contributed by atoms with Gasteiger partial charge in [0.2, 0.25) is 21.8 Å². The summed E-state index contributed by atoms with van der Waals surface area (Å²) in [5, 5.41) is 3.48. The third kappa shape index (κ3) is 8.83. The van der Waals surface area contributed by atoms with Gasteiger partial charge in [-0.15, -0.1) is 0 Å². The van der Waals surface area contributed by atoms with Crippen molar-refractivity contribution < 1.29 is 18.0 Å². The maximum Gasteiger partial charge on any atom is 0.244 e. The second-order valence-electron chi connectivity index (χ2n) is 10.1. The van der Waals surface area contributed by atoms with Crippen LogP contribution in [0.1, 0.15) is 42.0 Å². The summed E-state index contributed by atoms with van der Waals surface area (Å²) >= 11 is 6.25. The average Bonchev–Trinajstić information content (AvgIpc) is 2.90. The van der Waals surface area contributed by atoms with Crippen molar-refractivity contribution in [2.75, 3.05) is 23.7 Å². The van der Waals surface area contributed by atoms with Crippen molar-refractivity contribution >= 4 is 39.1 Å². The van der Waals surface area contributed by atoms with Crippen molar-refractivity contribution in [1.82, 2.24) is 10.2 Å². The van der Waals surface area contributed by atoms with Crippen molar-refractivity contribution in [1.29, 1.82) is 0 Å². The zero-order valence-corrected chi connectivity index (χ0v) is 25.1. The van der Waals surface area contributed by atoms with Crippen LogP contribution in [0.4, 0.5) is 5.69 Å². The fraction of sp³-hybridized carbons (Fsp3) is 0.355. The second kappa shape index (κ2) is 14.3. The molecule has 0 aromatic heterocycles. The van der Waals surface area contributed by atoms with Gasteiger partial charge < -0.3 is 10.2 Å². The van der Waals surface area contributed by atoms with E-state index >= 15 is 0 Å². The first-order valence-corrected chi connectivity index (χ1v) is 15.6. The second-order valence-corrected chi connectivity index (χ2v) is 12.4. The van der Waals surface area contributed by atoms with Crippen molar-refractivity contribution in [2.45, 2.75) is 52.6 Å². The first-order chi connectivity index (χ1) is 19.0. The van der Waals surface area contributed by atoms with Gasteiger partial charge >= 0.3 is 0 Å². The highest BCUT2D eigenvalue weighted by molar-refractivity contribution is 7.92. The van der Waals surface area contributed by atoms with Gasteiger partial charge in [-0.05, 0) is 60.7 Å². The molecule has 0 aliphatic carbocycles. The standard InChI is InChI=1S/C31H38ClN3O4S/c1-5-6-17-33-31(37)29(20-25-11-8-7-9-12-25)34(21-26-13-10-14-27(32)19-26)30(36)22-35(40(4,38)39)28-18-23(2)15-16-24(28)3/h7-16,18-19,29H,5-6,17,20-22H2,1-4H3,(H,33,37). The van der Waals surface area contributed by atoms with Gasteiger partial charge in [0.15, 0.2) is 0 Å². The fourth-order valence-electron chi connectivity index (χ4n) is 4.48. The lowest BCUT2D eigenvalue weighted by molar-refractivity contribution is -0.140. The van der Waals surface area contributed by atoms with E-state index in [0.717, 1.165) is 45.7 Å². The molecule has 0 saturated carbocycles. The molecule has 3 aromatic rings. The highest BCUT2D eigenvalue weighted by Crippen LogP contribution is 2.25. The molecule has 7 nitrogen and oxygen atoms in total. The summed E-state index contributed by atoms with van der Waals surface area (Å²) in [6.07, 6.45) is 3.07. The zero-order chi connectivity index (χ0) is 29.3. The molecule has 0 spiro atoms. The minimum Gasteiger partial charge on any atom is -0.354 e. The molecule has 9 heteroatoms. The number of nitrogens with one attached hydrogen (secondary N) is 1. The topological polar surface area (TPSA) is 86.8 Å². The number of carbonyl (C=O) groups excluding carboxylic acids is 2. The van der Waals surface area contributed by atoms with E-state index in [1.54, 1.807) is 31.2 Å². The van der Waals surface area contributed by atoms with E-state index in [-0.39, 0.29) is 18.9 Å². The van der Waals surface area contributed by atoms with Gasteiger partial charge in [-0.1, -0.05) is 79.5 Å². The lowest BCUT2D eigenvalue weighted by Crippen LogP contribution is -2.53. The minimum absolute atomic E-state index is 0.0858. The number of rotatable bonds is 13. The Morgan fingerprint density at radius 1 is 0.950 bits per heavy atom. The van der Waals surface area contributed by atoms with Gasteiger partial charge in [-0.2, -0.15) is 0 Å². The molecule has 3 aromatic carbocycles. The SMILES string of the molecule is CCCCNC(=O)C(Cc1ccccc1)N(Cc1cccc(Cl)c1)C(=O)CN(c1cc(C)ccc1C)S(C)(=O)=O. The van der Waals surface area contributed by atoms with Crippen molar-refractivity contribution in [3.05, 3.63) is 100 Å². The van der Waals surface area contributed by atoms with Crippen molar-refractivity contribution in [3.8, 4) is 0 Å². The largest absolute Gasteiger partial charge is 0.354 e. The Kier molecular flexibility index (Phi) is 11.2. The highest BCUT2D eigenvalue weighted by Gasteiger charge is 2.33. The molecule has 0 fully saturated rings. The van der Waals surface area contributed by atoms with Crippen LogP contribution in [0.2, 0.25) is 5.02 Å². The van der Waals surface area contributed by atoms with Crippen LogP contribution in [0.25, 0.3) is 0 Å². The van der Waals surface area contributed by atoms with E-state index in [1.165, 1.54) is 4.90 Å². The quantitative estimate of drug-likeness (QED) is 0.277. The summed E-state index contributed by atoms with van der Waals surface area (Å²) in [6.45, 7) is 5.83. The van der Waals surface area contributed by atoms with Crippen LogP contribution in [0.3, 0.4) is 0 Å². The van der Waals surface area contributed by atoms with Gasteiger partial charge in [0.25, 0.3) is 0 Å². The van der Waals surface area contributed by atoms with E-state index in [4.69, 9.17) is 11.6 Å². The predicted octanol–water partition coefficient (Wildman–Crippen LogP) is 5.28. The number of carbonyl (C=O) groups is 2. The Labute approximate surface area is 243 Å². The molecule has 1 unspecified atom stereocenters. The molecular weight excluding hydrogens is 546 g/mol. The smallest absolute Gasteiger partial charge is 0.244 e. The molecule has 214 valence electrons. The first kappa shape index (κ1) is 31.2. The van der Waals surface area contributed by atoms with Gasteiger partial charge in [0.05, 0.1) is 11.9 Å². The third-order valence-electron chi connectivity index (χ3n) is 6.66. The number of halogens is 1. The fourth-order valence-corrected chi connectivity index (χ4v) is 5.59. The Balaban J connectivity index is 2.06. The van der Waals surface area contributed by atoms with E-state index in [2.05, 4.69) is 5.32 Å². The van der Waals surface area contributed by atoms with Gasteiger partial charge in [-0.25, -0.2) is 8.42 Å². The number of aryl methyl sites for hydroxylation is 2. The van der Waals surface area contributed by atoms with Crippen LogP contribution in [0, 0.1) is 13.8 Å². The van der Waals surface area contributed by atoms with Crippen LogP contribution >= 0.6 is 11.6 Å². The highest BCUT2D eigenvalue weighted by atomic mass is 35.5. The van der Waals surface area contributed by atoms with Crippen molar-refractivity contribution in [3.63, 3.8) is 0 Å². The third-order valence-corrected chi connectivity index (χ3v) is 8.02. The van der Waals surface area contributed by atoms with E-state index in [9.17, 15) is 18.0 Å². The number of amides is 2. The maximum absolute atomic E-state index is 14.1. The number of benzene rings is 3. The monoisotopic (exact) mass is 583 g/mol. The van der Waals surface area contributed by atoms with Gasteiger partial charge in [0, 0.05) is 24.5 Å². The number of anilines is 1. The molecule has 0 heterocycles. The molecule has 0 saturated heterocycles. The average molecular weight is 584 g/mol. The number of hydrogen-bond donors (Lipinski definition) is 1. The molecule has 1 N–H and O–H groups in total. The van der Waals surface area contributed by atoms with Crippen LogP contribution in [0.15, 0.2) is 72.8 Å². The Morgan fingerprint density at radius 3 is 2.30 bits per heavy atom. The summed E-state index contributed by atoms with van der Waals surface area (Å²) in [5.74, 6) is -0.775. The van der Waals surface area contributed by atoms with E-state index < -0.39 is 28.5 Å². The molecule has 3 rings (SSSR count). The van der Waals surface area contributed by atoms with Gasteiger partial charge in [-0.3, -0.25) is 13.9 Å². The summed E-state index contributed by atoms with van der Waals surface area (Å²) in [6, 6.07) is 21.2. The summed E-state index contributed by atoms with van der Waals surface area (Å²) < 4.78 is 27.1. The molecular formula is C31H38ClN3O4S. The lowest BCUT2D eigenvalue weighted by Gasteiger charge is -2.34. The summed E-state index contributed by atoms with van der Waals surface area (Å²) in [7, 11) is -3.82. The molecule has 40 heavy (non-hydrogen) atoms. The van der Waals surface area contributed by atoms with E-state index in [1.807, 2.05) is 62.4 Å². The number of unbranched alkanes of at least 4 members (excludes halogenated alkanes) is 1. The summed E-state index contributed by atoms with van der Waals surface area (Å²) in [5.41, 5.74) is 3.65. The molecule has 0 aliphatic rings. The molecule has 0 radical (unpaired) electrons. The molecule has 0 aliphatic heterocycles. The lowest BCUT2D eigenvalue weighted by atomic mass is 10.0. The summed E-state index contributed by atoms with van der Waals surface area (Å²) in [4.78, 5) is 29.2. The predicted molar refractivity (Wildman–Crippen MR) is 162 cm³/mol. The first-order valence-electron chi connectivity index (χ1n) is 13.4. The van der Waals surface area contributed by atoms with Gasteiger partial charge in [0.1, 0.15) is 12.6 Å². The Morgan fingerprint density at radius 2 is 1.65 bits per heavy atom. The number of hydrogen-bond acceptors (Lipinski definition) is 4. The van der Waals surface area contributed by atoms with Crippen molar-refractivity contribution in [2.24, 2.45) is 0 Å². The Bertz CT molecular complexity index is 1410. The zero-order valence-electron chi connectivity index (χ0n) is 23.6.